The first-order valence-corrected chi connectivity index (χ1v) is 11.7. The molecule has 2 aliphatic heterocycles. The van der Waals surface area contributed by atoms with Gasteiger partial charge in [-0.25, -0.2) is 4.39 Å². The van der Waals surface area contributed by atoms with Crippen molar-refractivity contribution in [1.29, 1.82) is 0 Å². The molecule has 1 aromatic heterocycles. The highest BCUT2D eigenvalue weighted by atomic mass is 19.1. The number of benzene rings is 1. The van der Waals surface area contributed by atoms with E-state index >= 15 is 0 Å². The summed E-state index contributed by atoms with van der Waals surface area (Å²) in [4.78, 5) is 33.9. The van der Waals surface area contributed by atoms with Crippen LogP contribution in [0.5, 0.6) is 0 Å². The molecule has 0 radical (unpaired) electrons. The van der Waals surface area contributed by atoms with Gasteiger partial charge in [0.2, 0.25) is 11.8 Å². The molecule has 5 nitrogen and oxygen atoms in total. The van der Waals surface area contributed by atoms with Crippen LogP contribution in [0.3, 0.4) is 0 Å². The van der Waals surface area contributed by atoms with Crippen molar-refractivity contribution in [1.82, 2.24) is 14.8 Å². The minimum atomic E-state index is -0.539. The van der Waals surface area contributed by atoms with Gasteiger partial charge in [0, 0.05) is 45.0 Å². The van der Waals surface area contributed by atoms with E-state index in [0.717, 1.165) is 37.8 Å². The van der Waals surface area contributed by atoms with E-state index in [2.05, 4.69) is 9.88 Å². The fourth-order valence-corrected chi connectivity index (χ4v) is 5.30. The van der Waals surface area contributed by atoms with E-state index < -0.39 is 5.41 Å². The van der Waals surface area contributed by atoms with Crippen LogP contribution >= 0.6 is 0 Å². The molecule has 3 heterocycles. The van der Waals surface area contributed by atoms with Gasteiger partial charge < -0.3 is 9.80 Å². The lowest BCUT2D eigenvalue weighted by atomic mass is 9.72. The molecule has 0 unspecified atom stereocenters. The fourth-order valence-electron chi connectivity index (χ4n) is 5.30. The number of hydrogen-bond donors (Lipinski definition) is 0. The largest absolute Gasteiger partial charge is 0.343 e. The van der Waals surface area contributed by atoms with Crippen LogP contribution in [0.2, 0.25) is 0 Å². The summed E-state index contributed by atoms with van der Waals surface area (Å²) < 4.78 is 13.5. The van der Waals surface area contributed by atoms with Crippen molar-refractivity contribution in [2.75, 3.05) is 19.6 Å². The average Bonchev–Trinajstić information content (AvgIpc) is 3.28. The van der Waals surface area contributed by atoms with Crippen molar-refractivity contribution < 1.29 is 14.0 Å². The molecule has 0 bridgehead atoms. The van der Waals surface area contributed by atoms with Gasteiger partial charge >= 0.3 is 0 Å². The number of aromatic nitrogens is 1. The van der Waals surface area contributed by atoms with Crippen LogP contribution in [-0.2, 0) is 22.4 Å². The molecule has 0 aliphatic carbocycles. The smallest absolute Gasteiger partial charge is 0.229 e. The van der Waals surface area contributed by atoms with E-state index in [4.69, 9.17) is 0 Å². The molecular formula is C26H32FN3O2. The zero-order valence-corrected chi connectivity index (χ0v) is 18.8. The highest BCUT2D eigenvalue weighted by Crippen LogP contribution is 2.39. The lowest BCUT2D eigenvalue weighted by Gasteiger charge is -2.43. The monoisotopic (exact) mass is 437 g/mol. The molecular weight excluding hydrogens is 405 g/mol. The summed E-state index contributed by atoms with van der Waals surface area (Å²) in [7, 11) is 0. The van der Waals surface area contributed by atoms with E-state index in [1.165, 1.54) is 17.7 Å². The van der Waals surface area contributed by atoms with Gasteiger partial charge in [0.15, 0.2) is 0 Å². The van der Waals surface area contributed by atoms with Gasteiger partial charge in [-0.1, -0.05) is 12.1 Å². The van der Waals surface area contributed by atoms with Crippen LogP contribution in [0.4, 0.5) is 4.39 Å². The average molecular weight is 438 g/mol. The maximum Gasteiger partial charge on any atom is 0.229 e. The van der Waals surface area contributed by atoms with Crippen molar-refractivity contribution in [3.63, 3.8) is 0 Å². The van der Waals surface area contributed by atoms with E-state index in [1.807, 2.05) is 29.4 Å². The maximum absolute atomic E-state index is 14.0. The van der Waals surface area contributed by atoms with Crippen LogP contribution in [0.1, 0.15) is 50.2 Å². The zero-order valence-electron chi connectivity index (χ0n) is 18.8. The predicted molar refractivity (Wildman–Crippen MR) is 121 cm³/mol. The summed E-state index contributed by atoms with van der Waals surface area (Å²) in [5.41, 5.74) is 1.68. The third kappa shape index (κ3) is 5.00. The molecule has 2 saturated heterocycles. The van der Waals surface area contributed by atoms with Crippen LogP contribution in [0, 0.1) is 11.2 Å². The van der Waals surface area contributed by atoms with Gasteiger partial charge in [0.25, 0.3) is 0 Å². The zero-order chi connectivity index (χ0) is 22.6. The van der Waals surface area contributed by atoms with Crippen molar-refractivity contribution in [2.45, 2.75) is 57.9 Å². The molecule has 2 aromatic rings. The molecule has 0 N–H and O–H groups in total. The molecule has 1 aromatic carbocycles. The quantitative estimate of drug-likeness (QED) is 0.686. The first-order chi connectivity index (χ1) is 15.5. The fraction of sp³-hybridized carbons (Fsp3) is 0.500. The van der Waals surface area contributed by atoms with Crippen molar-refractivity contribution >= 4 is 11.8 Å². The summed E-state index contributed by atoms with van der Waals surface area (Å²) in [6.45, 7) is 3.57. The molecule has 2 fully saturated rings. The van der Waals surface area contributed by atoms with Crippen molar-refractivity contribution in [2.24, 2.45) is 5.41 Å². The molecule has 6 heteroatoms. The first-order valence-electron chi connectivity index (χ1n) is 11.7. The van der Waals surface area contributed by atoms with Gasteiger partial charge in [-0.3, -0.25) is 14.6 Å². The molecule has 1 atom stereocenters. The normalized spacial score (nSPS) is 20.4. The third-order valence-corrected chi connectivity index (χ3v) is 7.23. The molecule has 170 valence electrons. The number of carbonyl (C=O) groups excluding carboxylic acids is 2. The Morgan fingerprint density at radius 1 is 1.03 bits per heavy atom. The van der Waals surface area contributed by atoms with Gasteiger partial charge in [-0.05, 0) is 80.3 Å². The molecule has 4 rings (SSSR count). The predicted octanol–water partition coefficient (Wildman–Crippen LogP) is 4.02. The summed E-state index contributed by atoms with van der Waals surface area (Å²) in [6, 6.07) is 10.8. The Labute approximate surface area is 189 Å². The number of rotatable bonds is 6. The third-order valence-electron chi connectivity index (χ3n) is 7.23. The summed E-state index contributed by atoms with van der Waals surface area (Å²) in [5.74, 6) is 0.00253. The van der Waals surface area contributed by atoms with Crippen molar-refractivity contribution in [3.8, 4) is 0 Å². The number of hydrogen-bond acceptors (Lipinski definition) is 3. The minimum Gasteiger partial charge on any atom is -0.343 e. The molecule has 0 spiro atoms. The highest BCUT2D eigenvalue weighted by Gasteiger charge is 2.46. The molecule has 2 aliphatic rings. The Bertz CT molecular complexity index is 924. The first kappa shape index (κ1) is 22.4. The Hall–Kier alpha value is -2.76. The lowest BCUT2D eigenvalue weighted by molar-refractivity contribution is -0.148. The van der Waals surface area contributed by atoms with E-state index in [1.54, 1.807) is 19.1 Å². The Balaban J connectivity index is 1.52. The van der Waals surface area contributed by atoms with Gasteiger partial charge in [0.05, 0.1) is 5.41 Å². The summed E-state index contributed by atoms with van der Waals surface area (Å²) in [5, 5.41) is 0. The Morgan fingerprint density at radius 2 is 1.72 bits per heavy atom. The highest BCUT2D eigenvalue weighted by molar-refractivity contribution is 5.84. The van der Waals surface area contributed by atoms with E-state index in [9.17, 15) is 14.0 Å². The minimum absolute atomic E-state index is 0.0595. The van der Waals surface area contributed by atoms with Gasteiger partial charge in [0.1, 0.15) is 5.82 Å². The SMILES string of the molecule is CC(=O)N1CCC(Cc2ccc(F)cc2)(C(=O)N2CCC[C@H]2CCc2ccncc2)CC1. The Morgan fingerprint density at radius 3 is 2.38 bits per heavy atom. The van der Waals surface area contributed by atoms with E-state index in [-0.39, 0.29) is 23.7 Å². The van der Waals surface area contributed by atoms with Crippen LogP contribution in [-0.4, -0.2) is 52.3 Å². The van der Waals surface area contributed by atoms with E-state index in [0.29, 0.717) is 32.4 Å². The number of pyridine rings is 1. The standard InChI is InChI=1S/C26H32FN3O2/c1-20(31)29-17-12-26(13-18-29,19-22-4-7-23(27)8-5-22)25(32)30-16-2-3-24(30)9-6-21-10-14-28-15-11-21/h4-5,7-8,10-11,14-15,24H,2-3,6,9,12-13,16-19H2,1H3/t24-/m0/s1. The number of nitrogens with zero attached hydrogens (tertiary/aromatic N) is 3. The number of carbonyl (C=O) groups is 2. The number of piperidine rings is 1. The number of halogens is 1. The Kier molecular flexibility index (Phi) is 6.87. The summed E-state index contributed by atoms with van der Waals surface area (Å²) in [6.07, 6.45) is 9.45. The summed E-state index contributed by atoms with van der Waals surface area (Å²) >= 11 is 0. The second-order valence-corrected chi connectivity index (χ2v) is 9.28. The number of amides is 2. The number of aryl methyl sites for hydroxylation is 1. The maximum atomic E-state index is 14.0. The van der Waals surface area contributed by atoms with Crippen LogP contribution in [0.25, 0.3) is 0 Å². The molecule has 32 heavy (non-hydrogen) atoms. The second kappa shape index (κ2) is 9.80. The molecule has 0 saturated carbocycles. The second-order valence-electron chi connectivity index (χ2n) is 9.28. The lowest BCUT2D eigenvalue weighted by Crippen LogP contribution is -2.53. The van der Waals surface area contributed by atoms with Crippen molar-refractivity contribution in [3.05, 3.63) is 65.7 Å². The van der Waals surface area contributed by atoms with Gasteiger partial charge in [-0.15, -0.1) is 0 Å². The topological polar surface area (TPSA) is 53.5 Å². The number of likely N-dealkylation sites (tertiary alicyclic amines) is 2. The van der Waals surface area contributed by atoms with Crippen LogP contribution < -0.4 is 0 Å². The van der Waals surface area contributed by atoms with Crippen LogP contribution in [0.15, 0.2) is 48.8 Å². The molecule has 2 amide bonds. The van der Waals surface area contributed by atoms with Gasteiger partial charge in [-0.2, -0.15) is 0 Å².